The highest BCUT2D eigenvalue weighted by Crippen LogP contribution is 2.18. The normalized spacial score (nSPS) is 24.8. The fourth-order valence-electron chi connectivity index (χ4n) is 2.43. The Hall–Kier alpha value is -1.56. The lowest BCUT2D eigenvalue weighted by molar-refractivity contribution is 0.0941. The zero-order valence-electron chi connectivity index (χ0n) is 11.5. The van der Waals surface area contributed by atoms with E-state index in [0.717, 1.165) is 31.2 Å². The Kier molecular flexibility index (Phi) is 4.42. The molecule has 6 heteroatoms. The van der Waals surface area contributed by atoms with Gasteiger partial charge in [0, 0.05) is 18.8 Å². The molecular weight excluding hydrogens is 244 g/mol. The van der Waals surface area contributed by atoms with Gasteiger partial charge in [-0.15, -0.1) is 0 Å². The van der Waals surface area contributed by atoms with Crippen LogP contribution in [0.15, 0.2) is 12.4 Å². The zero-order valence-corrected chi connectivity index (χ0v) is 11.5. The molecule has 2 amide bonds. The summed E-state index contributed by atoms with van der Waals surface area (Å²) >= 11 is 0. The van der Waals surface area contributed by atoms with E-state index in [4.69, 9.17) is 0 Å². The molecule has 1 saturated carbocycles. The summed E-state index contributed by atoms with van der Waals surface area (Å²) in [7, 11) is 1.84. The number of aliphatic hydroxyl groups is 1. The van der Waals surface area contributed by atoms with Gasteiger partial charge in [0.2, 0.25) is 0 Å². The van der Waals surface area contributed by atoms with E-state index in [1.54, 1.807) is 10.9 Å². The molecule has 1 aliphatic rings. The first-order valence-corrected chi connectivity index (χ1v) is 6.80. The zero-order chi connectivity index (χ0) is 13.8. The van der Waals surface area contributed by atoms with Gasteiger partial charge in [0.25, 0.3) is 0 Å². The molecule has 1 aromatic heterocycles. The lowest BCUT2D eigenvalue weighted by Gasteiger charge is -2.28. The Morgan fingerprint density at radius 1 is 1.53 bits per heavy atom. The Morgan fingerprint density at radius 2 is 2.26 bits per heavy atom. The van der Waals surface area contributed by atoms with Crippen molar-refractivity contribution in [3.63, 3.8) is 0 Å². The third kappa shape index (κ3) is 3.70. The van der Waals surface area contributed by atoms with Gasteiger partial charge in [0.1, 0.15) is 0 Å². The number of rotatable bonds is 3. The van der Waals surface area contributed by atoms with Crippen LogP contribution in [0.3, 0.4) is 0 Å². The van der Waals surface area contributed by atoms with E-state index in [-0.39, 0.29) is 18.1 Å². The van der Waals surface area contributed by atoms with E-state index in [1.807, 2.05) is 20.2 Å². The van der Waals surface area contributed by atoms with Crippen molar-refractivity contribution in [3.05, 3.63) is 18.0 Å². The van der Waals surface area contributed by atoms with Crippen LogP contribution in [0.25, 0.3) is 0 Å². The average molecular weight is 266 g/mol. The summed E-state index contributed by atoms with van der Waals surface area (Å²) < 4.78 is 1.70. The fourth-order valence-corrected chi connectivity index (χ4v) is 2.43. The molecule has 3 N–H and O–H groups in total. The Morgan fingerprint density at radius 3 is 2.89 bits per heavy atom. The number of aromatic nitrogens is 2. The minimum absolute atomic E-state index is 0.102. The number of carbonyl (C=O) groups is 1. The highest BCUT2D eigenvalue weighted by molar-refractivity contribution is 5.74. The number of hydrogen-bond donors (Lipinski definition) is 3. The minimum atomic E-state index is -0.423. The molecule has 0 spiro atoms. The largest absolute Gasteiger partial charge is 0.391 e. The third-order valence-electron chi connectivity index (χ3n) is 3.62. The number of nitrogens with one attached hydrogen (secondary N) is 2. The average Bonchev–Trinajstić information content (AvgIpc) is 2.79. The summed E-state index contributed by atoms with van der Waals surface area (Å²) in [4.78, 5) is 11.9. The lowest BCUT2D eigenvalue weighted by Crippen LogP contribution is -2.49. The van der Waals surface area contributed by atoms with Crippen molar-refractivity contribution in [1.29, 1.82) is 0 Å². The molecule has 0 bridgehead atoms. The van der Waals surface area contributed by atoms with Crippen LogP contribution >= 0.6 is 0 Å². The van der Waals surface area contributed by atoms with Gasteiger partial charge in [0.15, 0.2) is 0 Å². The van der Waals surface area contributed by atoms with Gasteiger partial charge >= 0.3 is 6.03 Å². The summed E-state index contributed by atoms with van der Waals surface area (Å²) in [5, 5.41) is 19.6. The summed E-state index contributed by atoms with van der Waals surface area (Å²) in [6.07, 6.45) is 6.89. The number of amides is 2. The van der Waals surface area contributed by atoms with Gasteiger partial charge in [-0.2, -0.15) is 5.10 Å². The van der Waals surface area contributed by atoms with Gasteiger partial charge < -0.3 is 15.7 Å². The maximum Gasteiger partial charge on any atom is 0.315 e. The smallest absolute Gasteiger partial charge is 0.315 e. The van der Waals surface area contributed by atoms with Crippen LogP contribution in [0, 0.1) is 0 Å². The van der Waals surface area contributed by atoms with E-state index in [1.165, 1.54) is 0 Å². The first-order chi connectivity index (χ1) is 9.06. The van der Waals surface area contributed by atoms with Crippen molar-refractivity contribution >= 4 is 6.03 Å². The van der Waals surface area contributed by atoms with E-state index in [2.05, 4.69) is 15.7 Å². The number of urea groups is 1. The Labute approximate surface area is 113 Å². The standard InChI is InChI=1S/C13H22N4O2/c1-9(10-7-14-17(2)8-10)15-13(19)16-11-5-3-4-6-12(11)18/h7-9,11-12,18H,3-6H2,1-2H3,(H2,15,16,19). The van der Waals surface area contributed by atoms with E-state index < -0.39 is 6.10 Å². The molecular formula is C13H22N4O2. The van der Waals surface area contributed by atoms with Gasteiger partial charge in [-0.25, -0.2) is 4.79 Å². The molecule has 19 heavy (non-hydrogen) atoms. The van der Waals surface area contributed by atoms with E-state index in [9.17, 15) is 9.90 Å². The van der Waals surface area contributed by atoms with Crippen molar-refractivity contribution in [1.82, 2.24) is 20.4 Å². The van der Waals surface area contributed by atoms with Crippen LogP contribution in [0.2, 0.25) is 0 Å². The Bertz CT molecular complexity index is 432. The van der Waals surface area contributed by atoms with E-state index >= 15 is 0 Å². The van der Waals surface area contributed by atoms with Crippen molar-refractivity contribution < 1.29 is 9.90 Å². The third-order valence-corrected chi connectivity index (χ3v) is 3.62. The second-order valence-electron chi connectivity index (χ2n) is 5.25. The number of aliphatic hydroxyl groups excluding tert-OH is 1. The molecule has 106 valence electrons. The molecule has 0 aromatic carbocycles. The highest BCUT2D eigenvalue weighted by atomic mass is 16.3. The first kappa shape index (κ1) is 13.9. The number of nitrogens with zero attached hydrogens (tertiary/aromatic N) is 2. The summed E-state index contributed by atoms with van der Waals surface area (Å²) in [5.41, 5.74) is 0.960. The van der Waals surface area contributed by atoms with Crippen LogP contribution in [-0.4, -0.2) is 33.1 Å². The van der Waals surface area contributed by atoms with Gasteiger partial charge in [-0.05, 0) is 19.8 Å². The van der Waals surface area contributed by atoms with Crippen molar-refractivity contribution in [2.75, 3.05) is 0 Å². The first-order valence-electron chi connectivity index (χ1n) is 6.80. The van der Waals surface area contributed by atoms with Crippen LogP contribution in [0.4, 0.5) is 4.79 Å². The molecule has 0 aliphatic heterocycles. The molecule has 3 atom stereocenters. The highest BCUT2D eigenvalue weighted by Gasteiger charge is 2.24. The lowest BCUT2D eigenvalue weighted by atomic mass is 9.93. The van der Waals surface area contributed by atoms with Crippen molar-refractivity contribution in [2.24, 2.45) is 7.05 Å². The second kappa shape index (κ2) is 6.06. The molecule has 1 aliphatic carbocycles. The van der Waals surface area contributed by atoms with Crippen molar-refractivity contribution in [3.8, 4) is 0 Å². The van der Waals surface area contributed by atoms with Gasteiger partial charge in [-0.3, -0.25) is 4.68 Å². The number of aryl methyl sites for hydroxylation is 1. The SMILES string of the molecule is CC(NC(=O)NC1CCCCC1O)c1cnn(C)c1. The predicted molar refractivity (Wildman–Crippen MR) is 71.6 cm³/mol. The maximum absolute atomic E-state index is 11.9. The Balaban J connectivity index is 1.83. The van der Waals surface area contributed by atoms with Crippen LogP contribution < -0.4 is 10.6 Å². The quantitative estimate of drug-likeness (QED) is 0.766. The summed E-state index contributed by atoms with van der Waals surface area (Å²) in [6, 6.07) is -0.466. The van der Waals surface area contributed by atoms with Crippen LogP contribution in [0.1, 0.15) is 44.2 Å². The van der Waals surface area contributed by atoms with Crippen molar-refractivity contribution in [2.45, 2.75) is 50.8 Å². The molecule has 1 heterocycles. The molecule has 1 aromatic rings. The fraction of sp³-hybridized carbons (Fsp3) is 0.692. The van der Waals surface area contributed by atoms with Crippen LogP contribution in [-0.2, 0) is 7.05 Å². The van der Waals surface area contributed by atoms with Gasteiger partial charge in [0.05, 0.1) is 24.4 Å². The second-order valence-corrected chi connectivity index (χ2v) is 5.25. The maximum atomic E-state index is 11.9. The molecule has 6 nitrogen and oxygen atoms in total. The summed E-state index contributed by atoms with van der Waals surface area (Å²) in [6.45, 7) is 1.91. The predicted octanol–water partition coefficient (Wildman–Crippen LogP) is 1.08. The van der Waals surface area contributed by atoms with Gasteiger partial charge in [-0.1, -0.05) is 12.8 Å². The van der Waals surface area contributed by atoms with Crippen LogP contribution in [0.5, 0.6) is 0 Å². The molecule has 2 rings (SSSR count). The number of carbonyl (C=O) groups excluding carboxylic acids is 1. The van der Waals surface area contributed by atoms with E-state index in [0.29, 0.717) is 0 Å². The molecule has 3 unspecified atom stereocenters. The summed E-state index contributed by atoms with van der Waals surface area (Å²) in [5.74, 6) is 0. The monoisotopic (exact) mass is 266 g/mol. The molecule has 1 fully saturated rings. The minimum Gasteiger partial charge on any atom is -0.391 e. The topological polar surface area (TPSA) is 79.2 Å². The molecule has 0 radical (unpaired) electrons. The number of hydrogen-bond acceptors (Lipinski definition) is 3. The molecule has 0 saturated heterocycles.